The number of aliphatic imine (C=N–C) groups is 1. The summed E-state index contributed by atoms with van der Waals surface area (Å²) in [6.07, 6.45) is 8.33. The van der Waals surface area contributed by atoms with Gasteiger partial charge in [0.1, 0.15) is 12.2 Å². The Labute approximate surface area is 183 Å². The van der Waals surface area contributed by atoms with Gasteiger partial charge in [-0.25, -0.2) is 0 Å². The molecule has 0 radical (unpaired) electrons. The summed E-state index contributed by atoms with van der Waals surface area (Å²) in [5.41, 5.74) is 1.29. The van der Waals surface area contributed by atoms with Crippen molar-refractivity contribution in [2.24, 2.45) is 4.99 Å². The fraction of sp³-hybridized carbons (Fsp3) is 0.522. The molecule has 1 fully saturated rings. The van der Waals surface area contributed by atoms with Gasteiger partial charge >= 0.3 is 0 Å². The molecule has 1 aliphatic heterocycles. The first-order valence-electron chi connectivity index (χ1n) is 11.4. The molecule has 2 aromatic heterocycles. The highest BCUT2D eigenvalue weighted by atomic mass is 16.5. The number of fused-ring (bicyclic) bond motifs is 1. The zero-order valence-corrected chi connectivity index (χ0v) is 18.3. The van der Waals surface area contributed by atoms with Crippen LogP contribution in [0.3, 0.4) is 0 Å². The number of para-hydroxylation sites is 1. The largest absolute Gasteiger partial charge is 0.376 e. The minimum Gasteiger partial charge on any atom is -0.376 e. The molecule has 0 bridgehead atoms. The minimum atomic E-state index is 0.245. The zero-order valence-electron chi connectivity index (χ0n) is 18.3. The third kappa shape index (κ3) is 5.85. The van der Waals surface area contributed by atoms with E-state index < -0.39 is 0 Å². The molecule has 3 aromatic rings. The third-order valence-corrected chi connectivity index (χ3v) is 5.68. The van der Waals surface area contributed by atoms with E-state index in [1.165, 1.54) is 10.9 Å². The molecule has 8 heteroatoms. The molecule has 1 atom stereocenters. The summed E-state index contributed by atoms with van der Waals surface area (Å²) in [4.78, 5) is 4.77. The van der Waals surface area contributed by atoms with E-state index in [0.29, 0.717) is 6.54 Å². The van der Waals surface area contributed by atoms with Crippen molar-refractivity contribution in [1.29, 1.82) is 0 Å². The van der Waals surface area contributed by atoms with E-state index in [4.69, 9.17) is 9.73 Å². The van der Waals surface area contributed by atoms with Crippen molar-refractivity contribution in [2.75, 3.05) is 26.2 Å². The van der Waals surface area contributed by atoms with Crippen molar-refractivity contribution >= 4 is 16.9 Å². The van der Waals surface area contributed by atoms with Gasteiger partial charge in [-0.15, -0.1) is 10.2 Å². The summed E-state index contributed by atoms with van der Waals surface area (Å²) < 4.78 is 10.1. The maximum absolute atomic E-state index is 5.73. The number of ether oxygens (including phenoxy) is 1. The standard InChI is InChI=1S/C23H33N7O/c1-2-22-28-27-18-30(22)15-12-25-23(26-17-20-8-5-16-31-20)24-11-6-13-29-14-10-19-7-3-4-9-21(19)29/h3-4,7,9-10,14,18,20H,2,5-6,8,11-13,15-17H2,1H3,(H2,24,25,26). The van der Waals surface area contributed by atoms with E-state index in [0.717, 1.165) is 70.3 Å². The SMILES string of the molecule is CCc1nncn1CCNC(=NCC1CCCO1)NCCCn1ccc2ccccc21. The van der Waals surface area contributed by atoms with Gasteiger partial charge < -0.3 is 24.5 Å². The molecule has 1 saturated heterocycles. The van der Waals surface area contributed by atoms with Crippen LogP contribution in [0.1, 0.15) is 32.0 Å². The second-order valence-corrected chi connectivity index (χ2v) is 7.89. The van der Waals surface area contributed by atoms with Gasteiger partial charge in [0.2, 0.25) is 0 Å². The van der Waals surface area contributed by atoms with Crippen LogP contribution in [-0.2, 0) is 24.2 Å². The van der Waals surface area contributed by atoms with Crippen LogP contribution in [0, 0.1) is 0 Å². The molecule has 2 N–H and O–H groups in total. The molecule has 0 amide bonds. The maximum Gasteiger partial charge on any atom is 0.191 e. The van der Waals surface area contributed by atoms with Crippen LogP contribution in [0.25, 0.3) is 10.9 Å². The van der Waals surface area contributed by atoms with Gasteiger partial charge in [0, 0.05) is 50.9 Å². The number of benzene rings is 1. The molecule has 1 aromatic carbocycles. The molecule has 0 saturated carbocycles. The Kier molecular flexibility index (Phi) is 7.55. The summed E-state index contributed by atoms with van der Waals surface area (Å²) in [7, 11) is 0. The Bertz CT molecular complexity index is 971. The summed E-state index contributed by atoms with van der Waals surface area (Å²) in [6, 6.07) is 10.7. The van der Waals surface area contributed by atoms with E-state index in [1.54, 1.807) is 6.33 Å². The molecular weight excluding hydrogens is 390 g/mol. The molecule has 4 rings (SSSR count). The van der Waals surface area contributed by atoms with Crippen molar-refractivity contribution in [1.82, 2.24) is 30.0 Å². The zero-order chi connectivity index (χ0) is 21.3. The van der Waals surface area contributed by atoms with E-state index in [9.17, 15) is 0 Å². The second kappa shape index (κ2) is 10.9. The monoisotopic (exact) mass is 423 g/mol. The summed E-state index contributed by atoms with van der Waals surface area (Å²) >= 11 is 0. The van der Waals surface area contributed by atoms with Gasteiger partial charge in [-0.3, -0.25) is 4.99 Å². The molecule has 8 nitrogen and oxygen atoms in total. The molecule has 166 valence electrons. The number of aromatic nitrogens is 4. The number of nitrogens with zero attached hydrogens (tertiary/aromatic N) is 5. The molecule has 1 aliphatic rings. The molecule has 3 heterocycles. The second-order valence-electron chi connectivity index (χ2n) is 7.89. The number of nitrogens with one attached hydrogen (secondary N) is 2. The molecule has 1 unspecified atom stereocenters. The minimum absolute atomic E-state index is 0.245. The third-order valence-electron chi connectivity index (χ3n) is 5.68. The first-order chi connectivity index (χ1) is 15.3. The topological polar surface area (TPSA) is 81.3 Å². The quantitative estimate of drug-likeness (QED) is 0.298. The van der Waals surface area contributed by atoms with Crippen LogP contribution < -0.4 is 10.6 Å². The van der Waals surface area contributed by atoms with Gasteiger partial charge in [0.05, 0.1) is 12.6 Å². The highest BCUT2D eigenvalue weighted by Crippen LogP contribution is 2.15. The van der Waals surface area contributed by atoms with E-state index >= 15 is 0 Å². The fourth-order valence-corrected chi connectivity index (χ4v) is 3.98. The van der Waals surface area contributed by atoms with E-state index in [-0.39, 0.29) is 6.10 Å². The van der Waals surface area contributed by atoms with E-state index in [2.05, 4.69) is 73.4 Å². The summed E-state index contributed by atoms with van der Waals surface area (Å²) in [5, 5.41) is 16.4. The van der Waals surface area contributed by atoms with Crippen LogP contribution in [-0.4, -0.2) is 57.6 Å². The fourth-order valence-electron chi connectivity index (χ4n) is 3.98. The summed E-state index contributed by atoms with van der Waals surface area (Å²) in [6.45, 7) is 7.06. The number of hydrogen-bond donors (Lipinski definition) is 2. The van der Waals surface area contributed by atoms with Gasteiger partial charge in [0.25, 0.3) is 0 Å². The Hall–Kier alpha value is -2.87. The lowest BCUT2D eigenvalue weighted by atomic mass is 10.2. The number of hydrogen-bond acceptors (Lipinski definition) is 4. The Morgan fingerprint density at radius 3 is 2.94 bits per heavy atom. The highest BCUT2D eigenvalue weighted by Gasteiger charge is 2.15. The average Bonchev–Trinajstić information content (AvgIpc) is 3.55. The van der Waals surface area contributed by atoms with Crippen LogP contribution >= 0.6 is 0 Å². The highest BCUT2D eigenvalue weighted by molar-refractivity contribution is 5.80. The van der Waals surface area contributed by atoms with Gasteiger partial charge in [-0.05, 0) is 36.8 Å². The van der Waals surface area contributed by atoms with Crippen LogP contribution in [0.5, 0.6) is 0 Å². The Morgan fingerprint density at radius 2 is 2.06 bits per heavy atom. The van der Waals surface area contributed by atoms with Crippen molar-refractivity contribution in [3.8, 4) is 0 Å². The van der Waals surface area contributed by atoms with E-state index in [1.807, 2.05) is 0 Å². The van der Waals surface area contributed by atoms with Crippen molar-refractivity contribution in [3.63, 3.8) is 0 Å². The Morgan fingerprint density at radius 1 is 1.16 bits per heavy atom. The molecule has 0 spiro atoms. The average molecular weight is 424 g/mol. The number of guanidine groups is 1. The molecular formula is C23H33N7O. The lowest BCUT2D eigenvalue weighted by Gasteiger charge is -2.15. The molecule has 31 heavy (non-hydrogen) atoms. The predicted molar refractivity (Wildman–Crippen MR) is 123 cm³/mol. The van der Waals surface area contributed by atoms with Crippen LogP contribution in [0.2, 0.25) is 0 Å². The smallest absolute Gasteiger partial charge is 0.191 e. The van der Waals surface area contributed by atoms with Crippen molar-refractivity contribution in [3.05, 3.63) is 48.7 Å². The first kappa shape index (κ1) is 21.4. The normalized spacial score (nSPS) is 16.8. The van der Waals surface area contributed by atoms with Crippen LogP contribution in [0.15, 0.2) is 47.8 Å². The molecule has 0 aliphatic carbocycles. The van der Waals surface area contributed by atoms with Crippen molar-refractivity contribution in [2.45, 2.75) is 51.8 Å². The van der Waals surface area contributed by atoms with Gasteiger partial charge in [0.15, 0.2) is 5.96 Å². The lowest BCUT2D eigenvalue weighted by molar-refractivity contribution is 0.117. The number of aryl methyl sites for hydroxylation is 2. The first-order valence-corrected chi connectivity index (χ1v) is 11.4. The van der Waals surface area contributed by atoms with Gasteiger partial charge in [-0.1, -0.05) is 25.1 Å². The van der Waals surface area contributed by atoms with Gasteiger partial charge in [-0.2, -0.15) is 0 Å². The predicted octanol–water partition coefficient (Wildman–Crippen LogP) is 2.60. The van der Waals surface area contributed by atoms with Crippen molar-refractivity contribution < 1.29 is 4.74 Å². The summed E-state index contributed by atoms with van der Waals surface area (Å²) in [5.74, 6) is 1.85. The van der Waals surface area contributed by atoms with Crippen LogP contribution in [0.4, 0.5) is 0 Å². The lowest BCUT2D eigenvalue weighted by Crippen LogP contribution is -2.40. The Balaban J connectivity index is 1.27. The number of rotatable bonds is 10. The maximum atomic E-state index is 5.73.